The van der Waals surface area contributed by atoms with Crippen molar-refractivity contribution in [3.05, 3.63) is 78.8 Å². The molecular formula is C13H7ClN2O5. The van der Waals surface area contributed by atoms with Crippen LogP contribution in [0.3, 0.4) is 0 Å². The normalized spacial score (nSPS) is 10.1. The van der Waals surface area contributed by atoms with Crippen molar-refractivity contribution in [2.75, 3.05) is 0 Å². The predicted molar refractivity (Wildman–Crippen MR) is 74.6 cm³/mol. The SMILES string of the molecule is O=C(c1ccc([N+](=O)[O-])cc1)c1cccc([N+](=O)[O-])c1Cl. The zero-order valence-electron chi connectivity index (χ0n) is 10.4. The van der Waals surface area contributed by atoms with Gasteiger partial charge < -0.3 is 0 Å². The minimum atomic E-state index is -0.686. The molecule has 0 aliphatic heterocycles. The van der Waals surface area contributed by atoms with Crippen molar-refractivity contribution in [2.45, 2.75) is 0 Å². The smallest absolute Gasteiger partial charge is 0.288 e. The van der Waals surface area contributed by atoms with Crippen LogP contribution in [0.4, 0.5) is 11.4 Å². The van der Waals surface area contributed by atoms with Gasteiger partial charge in [-0.05, 0) is 18.2 Å². The Morgan fingerprint density at radius 2 is 1.57 bits per heavy atom. The molecule has 2 aromatic rings. The van der Waals surface area contributed by atoms with E-state index in [2.05, 4.69) is 0 Å². The molecule has 7 nitrogen and oxygen atoms in total. The highest BCUT2D eigenvalue weighted by molar-refractivity contribution is 6.36. The number of halogens is 1. The molecule has 2 rings (SSSR count). The number of non-ortho nitro benzene ring substituents is 1. The van der Waals surface area contributed by atoms with Crippen LogP contribution in [0, 0.1) is 20.2 Å². The van der Waals surface area contributed by atoms with Gasteiger partial charge >= 0.3 is 0 Å². The van der Waals surface area contributed by atoms with Crippen LogP contribution in [0.25, 0.3) is 0 Å². The highest BCUT2D eigenvalue weighted by Gasteiger charge is 2.21. The monoisotopic (exact) mass is 306 g/mol. The summed E-state index contributed by atoms with van der Waals surface area (Å²) in [6.45, 7) is 0. The molecule has 0 spiro atoms. The molecule has 0 unspecified atom stereocenters. The van der Waals surface area contributed by atoms with Crippen molar-refractivity contribution in [2.24, 2.45) is 0 Å². The van der Waals surface area contributed by atoms with Crippen LogP contribution < -0.4 is 0 Å². The number of ketones is 1. The number of nitro benzene ring substituents is 2. The molecule has 0 N–H and O–H groups in total. The maximum Gasteiger partial charge on any atom is 0.288 e. The molecule has 106 valence electrons. The van der Waals surface area contributed by atoms with Gasteiger partial charge in [-0.2, -0.15) is 0 Å². The standard InChI is InChI=1S/C13H7ClN2O5/c14-12-10(2-1-3-11(12)16(20)21)13(17)8-4-6-9(7-5-8)15(18)19/h1-7H. The van der Waals surface area contributed by atoms with Crippen molar-refractivity contribution in [3.8, 4) is 0 Å². The molecule has 0 amide bonds. The summed E-state index contributed by atoms with van der Waals surface area (Å²) in [4.78, 5) is 32.3. The number of rotatable bonds is 4. The van der Waals surface area contributed by atoms with Gasteiger partial charge in [0.1, 0.15) is 5.02 Å². The summed E-state index contributed by atoms with van der Waals surface area (Å²) in [6, 6.07) is 8.80. The minimum Gasteiger partial charge on any atom is -0.289 e. The molecule has 0 fully saturated rings. The Kier molecular flexibility index (Phi) is 3.95. The highest BCUT2D eigenvalue weighted by Crippen LogP contribution is 2.29. The van der Waals surface area contributed by atoms with Gasteiger partial charge in [0.2, 0.25) is 0 Å². The Morgan fingerprint density at radius 3 is 2.10 bits per heavy atom. The summed E-state index contributed by atoms with van der Waals surface area (Å²) in [5.74, 6) is -0.543. The molecule has 0 radical (unpaired) electrons. The zero-order valence-corrected chi connectivity index (χ0v) is 11.1. The van der Waals surface area contributed by atoms with Crippen molar-refractivity contribution in [3.63, 3.8) is 0 Å². The van der Waals surface area contributed by atoms with Crippen LogP contribution in [0.5, 0.6) is 0 Å². The van der Waals surface area contributed by atoms with E-state index in [0.29, 0.717) is 0 Å². The van der Waals surface area contributed by atoms with E-state index in [0.717, 1.165) is 0 Å². The summed E-state index contributed by atoms with van der Waals surface area (Å²) < 4.78 is 0. The Bertz CT molecular complexity index is 743. The average Bonchev–Trinajstić information content (AvgIpc) is 2.46. The largest absolute Gasteiger partial charge is 0.289 e. The van der Waals surface area contributed by atoms with E-state index in [-0.39, 0.29) is 27.5 Å². The van der Waals surface area contributed by atoms with E-state index in [1.807, 2.05) is 0 Å². The predicted octanol–water partition coefficient (Wildman–Crippen LogP) is 3.39. The molecule has 0 aromatic heterocycles. The third kappa shape index (κ3) is 2.87. The van der Waals surface area contributed by atoms with Crippen LogP contribution in [0.2, 0.25) is 5.02 Å². The van der Waals surface area contributed by atoms with Gasteiger partial charge in [0.05, 0.1) is 9.85 Å². The van der Waals surface area contributed by atoms with Crippen molar-refractivity contribution in [1.82, 2.24) is 0 Å². The first kappa shape index (κ1) is 14.6. The number of carbonyl (C=O) groups excluding carboxylic acids is 1. The topological polar surface area (TPSA) is 103 Å². The zero-order chi connectivity index (χ0) is 15.6. The molecular weight excluding hydrogens is 300 g/mol. The molecule has 0 saturated heterocycles. The Hall–Kier alpha value is -2.80. The van der Waals surface area contributed by atoms with E-state index < -0.39 is 15.6 Å². The van der Waals surface area contributed by atoms with Gasteiger partial charge in [-0.15, -0.1) is 0 Å². The molecule has 0 atom stereocenters. The molecule has 0 saturated carbocycles. The first-order chi connectivity index (χ1) is 9.91. The third-order valence-electron chi connectivity index (χ3n) is 2.76. The summed E-state index contributed by atoms with van der Waals surface area (Å²) >= 11 is 5.86. The number of carbonyl (C=O) groups is 1. The summed E-state index contributed by atoms with van der Waals surface area (Å²) in [7, 11) is 0. The van der Waals surface area contributed by atoms with Gasteiger partial charge in [-0.3, -0.25) is 25.0 Å². The molecule has 0 aliphatic carbocycles. The second-order valence-corrected chi connectivity index (χ2v) is 4.41. The van der Waals surface area contributed by atoms with E-state index in [1.54, 1.807) is 0 Å². The first-order valence-electron chi connectivity index (χ1n) is 5.64. The molecule has 2 aromatic carbocycles. The second kappa shape index (κ2) is 5.68. The van der Waals surface area contributed by atoms with Crippen LogP contribution in [0.1, 0.15) is 15.9 Å². The van der Waals surface area contributed by atoms with E-state index in [1.165, 1.54) is 42.5 Å². The lowest BCUT2D eigenvalue weighted by atomic mass is 10.0. The Labute approximate surface area is 123 Å². The van der Waals surface area contributed by atoms with Crippen molar-refractivity contribution >= 4 is 28.8 Å². The molecule has 0 heterocycles. The minimum absolute atomic E-state index is 0.0280. The number of hydrogen-bond donors (Lipinski definition) is 0. The van der Waals surface area contributed by atoms with E-state index in [4.69, 9.17) is 11.6 Å². The number of nitrogens with zero attached hydrogens (tertiary/aromatic N) is 2. The second-order valence-electron chi connectivity index (χ2n) is 4.03. The number of hydrogen-bond acceptors (Lipinski definition) is 5. The molecule has 21 heavy (non-hydrogen) atoms. The van der Waals surface area contributed by atoms with Crippen molar-refractivity contribution < 1.29 is 14.6 Å². The van der Waals surface area contributed by atoms with Crippen LogP contribution in [-0.4, -0.2) is 15.6 Å². The quantitative estimate of drug-likeness (QED) is 0.489. The fourth-order valence-electron chi connectivity index (χ4n) is 1.73. The van der Waals surface area contributed by atoms with E-state index in [9.17, 15) is 25.0 Å². The fraction of sp³-hybridized carbons (Fsp3) is 0. The molecule has 0 bridgehead atoms. The van der Waals surface area contributed by atoms with Gasteiger partial charge in [-0.25, -0.2) is 0 Å². The first-order valence-corrected chi connectivity index (χ1v) is 6.01. The Morgan fingerprint density at radius 1 is 0.952 bits per heavy atom. The summed E-state index contributed by atoms with van der Waals surface area (Å²) in [5.41, 5.74) is -0.399. The third-order valence-corrected chi connectivity index (χ3v) is 3.16. The maximum absolute atomic E-state index is 12.2. The highest BCUT2D eigenvalue weighted by atomic mass is 35.5. The van der Waals surface area contributed by atoms with Crippen molar-refractivity contribution in [1.29, 1.82) is 0 Å². The summed E-state index contributed by atoms with van der Waals surface area (Å²) in [6.07, 6.45) is 0. The number of nitro groups is 2. The fourth-order valence-corrected chi connectivity index (χ4v) is 2.01. The van der Waals surface area contributed by atoms with Gasteiger partial charge in [0.15, 0.2) is 5.78 Å². The lowest BCUT2D eigenvalue weighted by Crippen LogP contribution is -2.04. The lowest BCUT2D eigenvalue weighted by molar-refractivity contribution is -0.385. The molecule has 0 aliphatic rings. The maximum atomic E-state index is 12.2. The van der Waals surface area contributed by atoms with Gasteiger partial charge in [-0.1, -0.05) is 17.7 Å². The van der Waals surface area contributed by atoms with Gasteiger partial charge in [0, 0.05) is 29.3 Å². The molecule has 8 heteroatoms. The lowest BCUT2D eigenvalue weighted by Gasteiger charge is -2.04. The summed E-state index contributed by atoms with van der Waals surface area (Å²) in [5, 5.41) is 21.1. The van der Waals surface area contributed by atoms with Crippen LogP contribution in [0.15, 0.2) is 42.5 Å². The Balaban J connectivity index is 2.43. The van der Waals surface area contributed by atoms with Gasteiger partial charge in [0.25, 0.3) is 11.4 Å². The van der Waals surface area contributed by atoms with E-state index >= 15 is 0 Å². The van der Waals surface area contributed by atoms with Crippen LogP contribution in [-0.2, 0) is 0 Å². The van der Waals surface area contributed by atoms with Crippen LogP contribution >= 0.6 is 11.6 Å². The number of benzene rings is 2. The average molecular weight is 307 g/mol.